The summed E-state index contributed by atoms with van der Waals surface area (Å²) in [6, 6.07) is -0.683. The Bertz CT molecular complexity index is 814. The standard InChI is InChI=1S/C13H21N6O6P/c1-8(25-26(21,22)24-3)9(5-23-2)18-10(20)4-19-7-17-11-12(14)15-6-16-13(11)19/h6-9H,4-5H2,1-3H3,(H,18,20)(H,21,22)(H2,14,15,16)/t8-,9-/m1/s1. The number of nitrogens with zero attached hydrogens (tertiary/aromatic N) is 4. The molecule has 0 fully saturated rings. The van der Waals surface area contributed by atoms with Crippen LogP contribution >= 0.6 is 7.82 Å². The Morgan fingerprint density at radius 2 is 2.15 bits per heavy atom. The minimum Gasteiger partial charge on any atom is -0.382 e. The zero-order chi connectivity index (χ0) is 19.3. The lowest BCUT2D eigenvalue weighted by Crippen LogP contribution is -2.47. The number of nitrogens with two attached hydrogens (primary N) is 1. The summed E-state index contributed by atoms with van der Waals surface area (Å²) in [6.45, 7) is 1.49. The van der Waals surface area contributed by atoms with E-state index in [2.05, 4.69) is 24.8 Å². The van der Waals surface area contributed by atoms with Crippen LogP contribution in [0.15, 0.2) is 12.7 Å². The van der Waals surface area contributed by atoms with Crippen LogP contribution in [-0.2, 0) is 29.7 Å². The molecule has 0 radical (unpaired) electrons. The van der Waals surface area contributed by atoms with E-state index in [0.717, 1.165) is 7.11 Å². The number of methoxy groups -OCH3 is 1. The average Bonchev–Trinajstić information content (AvgIpc) is 2.98. The summed E-state index contributed by atoms with van der Waals surface area (Å²) in [6.07, 6.45) is 1.86. The molecular weight excluding hydrogens is 367 g/mol. The van der Waals surface area contributed by atoms with Crippen LogP contribution in [0.4, 0.5) is 5.82 Å². The normalized spacial score (nSPS) is 16.2. The first-order chi connectivity index (χ1) is 12.3. The molecule has 0 aliphatic rings. The van der Waals surface area contributed by atoms with Crippen molar-refractivity contribution < 1.29 is 28.0 Å². The van der Waals surface area contributed by atoms with Gasteiger partial charge in [-0.25, -0.2) is 19.5 Å². The summed E-state index contributed by atoms with van der Waals surface area (Å²) in [7, 11) is -1.71. The number of carbonyl (C=O) groups excluding carboxylic acids is 1. The van der Waals surface area contributed by atoms with Crippen LogP contribution in [-0.4, -0.2) is 63.3 Å². The number of hydrogen-bond donors (Lipinski definition) is 3. The molecular formula is C13H21N6O6P. The number of ether oxygens (including phenoxy) is 1. The molecule has 0 saturated carbocycles. The molecule has 0 saturated heterocycles. The molecule has 0 aliphatic heterocycles. The Morgan fingerprint density at radius 1 is 1.42 bits per heavy atom. The molecule has 26 heavy (non-hydrogen) atoms. The van der Waals surface area contributed by atoms with Gasteiger partial charge in [0.2, 0.25) is 5.91 Å². The second kappa shape index (κ2) is 8.52. The second-order valence-corrected chi connectivity index (χ2v) is 6.91. The summed E-state index contributed by atoms with van der Waals surface area (Å²) in [5, 5.41) is 2.68. The molecule has 0 aliphatic carbocycles. The van der Waals surface area contributed by atoms with E-state index in [4.69, 9.17) is 15.0 Å². The zero-order valence-corrected chi connectivity index (χ0v) is 15.4. The van der Waals surface area contributed by atoms with Gasteiger partial charge in [-0.15, -0.1) is 0 Å². The number of phosphoric acid groups is 1. The lowest BCUT2D eigenvalue weighted by Gasteiger charge is -2.25. The fraction of sp³-hybridized carbons (Fsp3) is 0.538. The fourth-order valence-corrected chi connectivity index (χ4v) is 2.88. The maximum Gasteiger partial charge on any atom is 0.472 e. The Kier molecular flexibility index (Phi) is 6.62. The zero-order valence-electron chi connectivity index (χ0n) is 14.5. The van der Waals surface area contributed by atoms with Gasteiger partial charge in [0.1, 0.15) is 18.4 Å². The first-order valence-corrected chi connectivity index (χ1v) is 9.03. The molecule has 3 atom stereocenters. The lowest BCUT2D eigenvalue weighted by molar-refractivity contribution is -0.123. The van der Waals surface area contributed by atoms with Crippen LogP contribution in [0.2, 0.25) is 0 Å². The molecule has 2 rings (SSSR count). The third kappa shape index (κ3) is 4.96. The fourth-order valence-electron chi connectivity index (χ4n) is 2.22. The summed E-state index contributed by atoms with van der Waals surface area (Å²) in [4.78, 5) is 33.7. The van der Waals surface area contributed by atoms with Crippen molar-refractivity contribution in [3.05, 3.63) is 12.7 Å². The van der Waals surface area contributed by atoms with E-state index in [9.17, 15) is 14.3 Å². The number of nitrogens with one attached hydrogen (secondary N) is 1. The van der Waals surface area contributed by atoms with Crippen molar-refractivity contribution in [1.29, 1.82) is 0 Å². The van der Waals surface area contributed by atoms with Crippen LogP contribution in [0, 0.1) is 0 Å². The highest BCUT2D eigenvalue weighted by Gasteiger charge is 2.29. The van der Waals surface area contributed by atoms with Gasteiger partial charge in [0.15, 0.2) is 11.5 Å². The van der Waals surface area contributed by atoms with Crippen molar-refractivity contribution in [3.8, 4) is 0 Å². The van der Waals surface area contributed by atoms with Gasteiger partial charge in [-0.05, 0) is 6.92 Å². The van der Waals surface area contributed by atoms with Gasteiger partial charge in [-0.1, -0.05) is 0 Å². The predicted molar refractivity (Wildman–Crippen MR) is 90.9 cm³/mol. The number of hydrogen-bond acceptors (Lipinski definition) is 9. The molecule has 1 amide bonds. The Balaban J connectivity index is 2.07. The van der Waals surface area contributed by atoms with E-state index in [1.165, 1.54) is 31.3 Å². The number of carbonyl (C=O) groups is 1. The van der Waals surface area contributed by atoms with Crippen molar-refractivity contribution >= 4 is 30.7 Å². The number of nitrogen functional groups attached to an aromatic ring is 1. The SMILES string of the molecule is COC[C@@H](NC(=O)Cn1cnc2c(N)ncnc21)[C@@H](C)OP(=O)(O)OC. The Labute approximate surface area is 149 Å². The predicted octanol–water partition coefficient (Wildman–Crippen LogP) is -0.308. The molecule has 4 N–H and O–H groups in total. The highest BCUT2D eigenvalue weighted by Crippen LogP contribution is 2.43. The van der Waals surface area contributed by atoms with Gasteiger partial charge in [0, 0.05) is 14.2 Å². The number of fused-ring (bicyclic) bond motifs is 1. The van der Waals surface area contributed by atoms with Crippen LogP contribution in [0.3, 0.4) is 0 Å². The summed E-state index contributed by atoms with van der Waals surface area (Å²) < 4.78 is 27.4. The van der Waals surface area contributed by atoms with Crippen molar-refractivity contribution in [2.24, 2.45) is 0 Å². The molecule has 2 heterocycles. The first kappa shape index (κ1) is 20.2. The van der Waals surface area contributed by atoms with E-state index < -0.39 is 25.9 Å². The lowest BCUT2D eigenvalue weighted by atomic mass is 10.2. The molecule has 13 heteroatoms. The van der Waals surface area contributed by atoms with Crippen molar-refractivity contribution in [3.63, 3.8) is 0 Å². The van der Waals surface area contributed by atoms with E-state index in [1.54, 1.807) is 0 Å². The summed E-state index contributed by atoms with van der Waals surface area (Å²) in [5.41, 5.74) is 6.52. The van der Waals surface area contributed by atoms with Crippen molar-refractivity contribution in [2.45, 2.75) is 25.6 Å². The van der Waals surface area contributed by atoms with E-state index in [1.807, 2.05) is 0 Å². The van der Waals surface area contributed by atoms with Gasteiger partial charge in [-0.2, -0.15) is 0 Å². The van der Waals surface area contributed by atoms with Crippen LogP contribution in [0.25, 0.3) is 11.2 Å². The third-order valence-electron chi connectivity index (χ3n) is 3.53. The molecule has 144 valence electrons. The number of aromatic nitrogens is 4. The highest BCUT2D eigenvalue weighted by atomic mass is 31.2. The Morgan fingerprint density at radius 3 is 2.81 bits per heavy atom. The maximum atomic E-state index is 12.4. The summed E-state index contributed by atoms with van der Waals surface area (Å²) in [5.74, 6) is -0.184. The molecule has 12 nitrogen and oxygen atoms in total. The average molecular weight is 388 g/mol. The largest absolute Gasteiger partial charge is 0.472 e. The van der Waals surface area contributed by atoms with Crippen LogP contribution in [0.5, 0.6) is 0 Å². The third-order valence-corrected chi connectivity index (χ3v) is 4.59. The minimum atomic E-state index is -4.20. The molecule has 2 aromatic heterocycles. The molecule has 0 bridgehead atoms. The number of anilines is 1. The van der Waals surface area contributed by atoms with Gasteiger partial charge >= 0.3 is 7.82 Å². The van der Waals surface area contributed by atoms with Gasteiger partial charge in [-0.3, -0.25) is 13.8 Å². The number of rotatable bonds is 9. The van der Waals surface area contributed by atoms with Gasteiger partial charge in [0.05, 0.1) is 25.1 Å². The molecule has 0 aromatic carbocycles. The van der Waals surface area contributed by atoms with E-state index >= 15 is 0 Å². The Hall–Kier alpha value is -2.11. The number of amides is 1. The van der Waals surface area contributed by atoms with Crippen molar-refractivity contribution in [1.82, 2.24) is 24.8 Å². The smallest absolute Gasteiger partial charge is 0.382 e. The molecule has 2 aromatic rings. The molecule has 1 unspecified atom stereocenters. The van der Waals surface area contributed by atoms with E-state index in [-0.39, 0.29) is 19.0 Å². The van der Waals surface area contributed by atoms with Gasteiger partial charge < -0.3 is 25.2 Å². The van der Waals surface area contributed by atoms with Crippen LogP contribution in [0.1, 0.15) is 6.92 Å². The summed E-state index contributed by atoms with van der Waals surface area (Å²) >= 11 is 0. The maximum absolute atomic E-state index is 12.4. The highest BCUT2D eigenvalue weighted by molar-refractivity contribution is 7.47. The topological polar surface area (TPSA) is 164 Å². The van der Waals surface area contributed by atoms with Crippen molar-refractivity contribution in [2.75, 3.05) is 26.6 Å². The quantitative estimate of drug-likeness (QED) is 0.485. The number of phosphoric ester groups is 1. The number of imidazole rings is 1. The monoisotopic (exact) mass is 388 g/mol. The molecule has 0 spiro atoms. The first-order valence-electron chi connectivity index (χ1n) is 7.54. The van der Waals surface area contributed by atoms with Gasteiger partial charge in [0.25, 0.3) is 0 Å². The second-order valence-electron chi connectivity index (χ2n) is 5.39. The van der Waals surface area contributed by atoms with Crippen LogP contribution < -0.4 is 11.1 Å². The van der Waals surface area contributed by atoms with E-state index in [0.29, 0.717) is 11.2 Å². The minimum absolute atomic E-state index is 0.0659.